The quantitative estimate of drug-likeness (QED) is 0.452. The smallest absolute Gasteiger partial charge is 0.219 e. The van der Waals surface area contributed by atoms with Crippen LogP contribution in [0.4, 0.5) is 0 Å². The molecule has 0 amide bonds. The number of aliphatic imine (C=N–C) groups is 1. The molecule has 4 N–H and O–H groups in total. The Balaban J connectivity index is 1.69. The van der Waals surface area contributed by atoms with Crippen LogP contribution in [0.2, 0.25) is 0 Å². The van der Waals surface area contributed by atoms with Crippen molar-refractivity contribution in [1.29, 1.82) is 0 Å². The van der Waals surface area contributed by atoms with Gasteiger partial charge in [0.15, 0.2) is 5.88 Å². The molecule has 2 aliphatic heterocycles. The SMILES string of the molecule is CC(C)O/C(N)=C1\C=C\c2[nH]nc3ccc(cc23)-c2cnn(C)c2O[C@@H](C)[C@H]2CCCN2CC1=NCCO. The fraction of sp³-hybridized carbons (Fsp3) is 0.464. The molecule has 10 nitrogen and oxygen atoms in total. The lowest BCUT2D eigenvalue weighted by Crippen LogP contribution is -2.43. The van der Waals surface area contributed by atoms with E-state index in [1.54, 1.807) is 4.68 Å². The summed E-state index contributed by atoms with van der Waals surface area (Å²) in [4.78, 5) is 7.15. The van der Waals surface area contributed by atoms with Crippen LogP contribution in [0.25, 0.3) is 28.1 Å². The third kappa shape index (κ3) is 5.19. The summed E-state index contributed by atoms with van der Waals surface area (Å²) in [7, 11) is 1.91. The molecule has 38 heavy (non-hydrogen) atoms. The minimum Gasteiger partial charge on any atom is -0.476 e. The number of nitrogens with one attached hydrogen (secondary N) is 1. The Labute approximate surface area is 222 Å². The molecule has 0 unspecified atom stereocenters. The van der Waals surface area contributed by atoms with Crippen LogP contribution in [0.1, 0.15) is 39.3 Å². The third-order valence-electron chi connectivity index (χ3n) is 7.14. The monoisotopic (exact) mass is 519 g/mol. The number of hydrogen-bond acceptors (Lipinski definition) is 8. The first kappa shape index (κ1) is 26.0. The van der Waals surface area contributed by atoms with E-state index in [-0.39, 0.29) is 31.4 Å². The molecule has 0 radical (unpaired) electrons. The van der Waals surface area contributed by atoms with Crippen molar-refractivity contribution in [1.82, 2.24) is 24.9 Å². The van der Waals surface area contributed by atoms with Crippen molar-refractivity contribution in [2.24, 2.45) is 17.8 Å². The van der Waals surface area contributed by atoms with Gasteiger partial charge >= 0.3 is 0 Å². The van der Waals surface area contributed by atoms with E-state index in [9.17, 15) is 5.11 Å². The maximum atomic E-state index is 9.60. The van der Waals surface area contributed by atoms with Crippen molar-refractivity contribution in [3.8, 4) is 17.0 Å². The minimum absolute atomic E-state index is 0.0500. The Morgan fingerprint density at radius 3 is 2.97 bits per heavy atom. The zero-order valence-corrected chi connectivity index (χ0v) is 22.5. The topological polar surface area (TPSA) is 127 Å². The van der Waals surface area contributed by atoms with Gasteiger partial charge in [-0.25, -0.2) is 4.68 Å². The predicted molar refractivity (Wildman–Crippen MR) is 149 cm³/mol. The van der Waals surface area contributed by atoms with Gasteiger partial charge in [-0.1, -0.05) is 6.07 Å². The Morgan fingerprint density at radius 2 is 2.18 bits per heavy atom. The highest BCUT2D eigenvalue weighted by Gasteiger charge is 2.33. The summed E-state index contributed by atoms with van der Waals surface area (Å²) in [6, 6.07) is 6.33. The van der Waals surface area contributed by atoms with Gasteiger partial charge in [0, 0.05) is 25.0 Å². The van der Waals surface area contributed by atoms with E-state index in [1.165, 1.54) is 0 Å². The van der Waals surface area contributed by atoms with E-state index < -0.39 is 0 Å². The summed E-state index contributed by atoms with van der Waals surface area (Å²) in [6.07, 6.45) is 7.64. The fourth-order valence-corrected chi connectivity index (χ4v) is 5.33. The van der Waals surface area contributed by atoms with E-state index in [0.29, 0.717) is 18.0 Å². The molecule has 0 spiro atoms. The molecule has 4 heterocycles. The summed E-state index contributed by atoms with van der Waals surface area (Å²) in [5, 5.41) is 22.7. The van der Waals surface area contributed by atoms with E-state index in [2.05, 4.69) is 33.2 Å². The predicted octanol–water partition coefficient (Wildman–Crippen LogP) is 3.25. The van der Waals surface area contributed by atoms with E-state index >= 15 is 0 Å². The number of H-pyrrole nitrogens is 1. The summed E-state index contributed by atoms with van der Waals surface area (Å²) < 4.78 is 14.4. The van der Waals surface area contributed by atoms with Crippen LogP contribution in [0, 0.1) is 0 Å². The summed E-state index contributed by atoms with van der Waals surface area (Å²) in [6.45, 7) is 7.71. The zero-order valence-electron chi connectivity index (χ0n) is 22.5. The van der Waals surface area contributed by atoms with Crippen molar-refractivity contribution in [3.63, 3.8) is 0 Å². The lowest BCUT2D eigenvalue weighted by atomic mass is 10.0. The molecule has 1 aromatic carbocycles. The average molecular weight is 520 g/mol. The van der Waals surface area contributed by atoms with Gasteiger partial charge in [-0.3, -0.25) is 15.0 Å². The van der Waals surface area contributed by atoms with Gasteiger partial charge < -0.3 is 20.3 Å². The second-order valence-electron chi connectivity index (χ2n) is 10.2. The number of fused-ring (bicyclic) bond motifs is 4. The third-order valence-corrected chi connectivity index (χ3v) is 7.14. The van der Waals surface area contributed by atoms with Gasteiger partial charge in [0.1, 0.15) is 6.10 Å². The second-order valence-corrected chi connectivity index (χ2v) is 10.2. The molecule has 2 aliphatic rings. The minimum atomic E-state index is -0.0952. The number of rotatable bonds is 4. The van der Waals surface area contributed by atoms with Gasteiger partial charge in [-0.15, -0.1) is 0 Å². The Morgan fingerprint density at radius 1 is 1.34 bits per heavy atom. The normalized spacial score (nSPS) is 23.7. The Bertz CT molecular complexity index is 1380. The first-order valence-corrected chi connectivity index (χ1v) is 13.3. The maximum absolute atomic E-state index is 9.60. The number of hydrogen-bond donors (Lipinski definition) is 3. The van der Waals surface area contributed by atoms with Gasteiger partial charge in [0.25, 0.3) is 0 Å². The standard InChI is InChI=1S/C28H37N7O3/c1-17(2)37-27(29)20-8-10-24-21-14-19(7-9-23(21)32-33-24)22-15-31-34(4)28(22)38-18(3)26-6-5-12-35(26)16-25(20)30-11-13-36/h7-10,14-15,17-18,26,36H,5-6,11-13,16,29H2,1-4H3,(H,32,33)/b10-8+,27-20+,30-25?/t18-,26+/m0/s1. The lowest BCUT2D eigenvalue weighted by Gasteiger charge is -2.30. The highest BCUT2D eigenvalue weighted by Crippen LogP contribution is 2.34. The summed E-state index contributed by atoms with van der Waals surface area (Å²) >= 11 is 0. The van der Waals surface area contributed by atoms with Crippen LogP contribution in [-0.4, -0.2) is 80.2 Å². The van der Waals surface area contributed by atoms with Gasteiger partial charge in [-0.2, -0.15) is 10.2 Å². The largest absolute Gasteiger partial charge is 0.476 e. The summed E-state index contributed by atoms with van der Waals surface area (Å²) in [5.41, 5.74) is 11.6. The van der Waals surface area contributed by atoms with Crippen LogP contribution in [-0.2, 0) is 11.8 Å². The average Bonchev–Trinajstić information content (AvgIpc) is 3.60. The van der Waals surface area contributed by atoms with Crippen molar-refractivity contribution in [2.45, 2.75) is 51.9 Å². The molecule has 10 heteroatoms. The van der Waals surface area contributed by atoms with Crippen LogP contribution in [0.15, 0.2) is 46.9 Å². The fourth-order valence-electron chi connectivity index (χ4n) is 5.33. The van der Waals surface area contributed by atoms with Crippen molar-refractivity contribution >= 4 is 22.7 Å². The van der Waals surface area contributed by atoms with Crippen LogP contribution in [0.5, 0.6) is 5.88 Å². The molecular weight excluding hydrogens is 482 g/mol. The highest BCUT2D eigenvalue weighted by molar-refractivity contribution is 6.05. The number of nitrogens with zero attached hydrogens (tertiary/aromatic N) is 5. The molecule has 0 saturated carbocycles. The van der Waals surface area contributed by atoms with Crippen LogP contribution in [0.3, 0.4) is 0 Å². The molecule has 202 valence electrons. The van der Waals surface area contributed by atoms with E-state index in [0.717, 1.165) is 58.7 Å². The number of nitrogens with two attached hydrogens (primary N) is 1. The zero-order chi connectivity index (χ0) is 26.8. The number of benzene rings is 1. The molecular formula is C28H37N7O3. The van der Waals surface area contributed by atoms with Crippen molar-refractivity contribution < 1.29 is 14.6 Å². The first-order valence-electron chi connectivity index (χ1n) is 13.3. The number of allylic oxidation sites excluding steroid dienone is 1. The lowest BCUT2D eigenvalue weighted by molar-refractivity contribution is 0.107. The molecule has 0 aliphatic carbocycles. The number of aliphatic hydroxyl groups is 1. The number of aryl methyl sites for hydroxylation is 1. The molecule has 2 bridgehead atoms. The number of ether oxygens (including phenoxy) is 2. The molecule has 2 aromatic heterocycles. The Hall–Kier alpha value is -3.63. The van der Waals surface area contributed by atoms with Gasteiger partial charge in [0.2, 0.25) is 5.88 Å². The van der Waals surface area contributed by atoms with Crippen LogP contribution < -0.4 is 10.5 Å². The number of aromatic amines is 1. The highest BCUT2D eigenvalue weighted by atomic mass is 16.5. The van der Waals surface area contributed by atoms with Gasteiger partial charge in [0.05, 0.1) is 53.5 Å². The molecule has 3 aromatic rings. The Kier molecular flexibility index (Phi) is 7.53. The maximum Gasteiger partial charge on any atom is 0.219 e. The summed E-state index contributed by atoms with van der Waals surface area (Å²) in [5.74, 6) is 1.05. The first-order chi connectivity index (χ1) is 18.4. The second kappa shape index (κ2) is 11.0. The van der Waals surface area contributed by atoms with Gasteiger partial charge in [-0.05, 0) is 70.0 Å². The van der Waals surface area contributed by atoms with Crippen molar-refractivity contribution in [2.75, 3.05) is 26.2 Å². The molecule has 1 saturated heterocycles. The van der Waals surface area contributed by atoms with Crippen molar-refractivity contribution in [3.05, 3.63) is 47.6 Å². The molecule has 2 atom stereocenters. The van der Waals surface area contributed by atoms with E-state index in [4.69, 9.17) is 20.2 Å². The van der Waals surface area contributed by atoms with Crippen LogP contribution >= 0.6 is 0 Å². The van der Waals surface area contributed by atoms with E-state index in [1.807, 2.05) is 51.4 Å². The molecule has 1 fully saturated rings. The number of aromatic nitrogens is 4. The number of aliphatic hydroxyl groups excluding tert-OH is 1. The molecule has 5 rings (SSSR count).